The molecule has 1 aromatic rings. The summed E-state index contributed by atoms with van der Waals surface area (Å²) < 4.78 is 0. The summed E-state index contributed by atoms with van der Waals surface area (Å²) in [5.41, 5.74) is 0. The zero-order valence-electron chi connectivity index (χ0n) is 14.3. The van der Waals surface area contributed by atoms with E-state index in [2.05, 4.69) is 30.7 Å². The largest absolute Gasteiger partial charge is 0.296 e. The molecule has 122 valence electrons. The molecule has 0 bridgehead atoms. The summed E-state index contributed by atoms with van der Waals surface area (Å²) in [6.45, 7) is 9.56. The zero-order valence-corrected chi connectivity index (χ0v) is 14.3. The molecule has 2 heterocycles. The summed E-state index contributed by atoms with van der Waals surface area (Å²) in [6.07, 6.45) is 6.08. The Morgan fingerprint density at radius 2 is 2.05 bits per heavy atom. The van der Waals surface area contributed by atoms with Gasteiger partial charge in [-0.3, -0.25) is 14.6 Å². The number of likely N-dealkylation sites (tertiary alicyclic amines) is 1. The molecular weight excluding hydrogens is 274 g/mol. The second kappa shape index (κ2) is 7.73. The molecular formula is C18H29N3O. The van der Waals surface area contributed by atoms with Crippen molar-refractivity contribution in [3.8, 4) is 0 Å². The first-order valence-electron chi connectivity index (χ1n) is 8.53. The van der Waals surface area contributed by atoms with E-state index < -0.39 is 0 Å². The van der Waals surface area contributed by atoms with E-state index in [4.69, 9.17) is 0 Å². The fourth-order valence-electron chi connectivity index (χ4n) is 3.49. The van der Waals surface area contributed by atoms with Gasteiger partial charge in [-0.1, -0.05) is 19.4 Å². The minimum atomic E-state index is 0.130. The maximum Gasteiger partial charge on any atom is 0.228 e. The van der Waals surface area contributed by atoms with Gasteiger partial charge < -0.3 is 0 Å². The van der Waals surface area contributed by atoms with E-state index in [9.17, 15) is 4.79 Å². The van der Waals surface area contributed by atoms with Crippen LogP contribution in [-0.2, 0) is 4.79 Å². The normalized spacial score (nSPS) is 24.0. The van der Waals surface area contributed by atoms with Gasteiger partial charge in [0.2, 0.25) is 5.91 Å². The molecule has 0 aromatic carbocycles. The summed E-state index contributed by atoms with van der Waals surface area (Å²) in [4.78, 5) is 21.2. The molecule has 1 saturated heterocycles. The van der Waals surface area contributed by atoms with Crippen molar-refractivity contribution in [1.82, 2.24) is 9.88 Å². The lowest BCUT2D eigenvalue weighted by atomic mass is 9.97. The molecule has 3 unspecified atom stereocenters. The Balaban J connectivity index is 2.15. The van der Waals surface area contributed by atoms with E-state index in [1.807, 2.05) is 30.0 Å². The topological polar surface area (TPSA) is 36.4 Å². The Labute approximate surface area is 134 Å². The molecule has 22 heavy (non-hydrogen) atoms. The summed E-state index contributed by atoms with van der Waals surface area (Å²) >= 11 is 0. The molecule has 1 amide bonds. The molecule has 0 saturated carbocycles. The summed E-state index contributed by atoms with van der Waals surface area (Å²) in [5.74, 6) is 0.905. The average molecular weight is 303 g/mol. The number of rotatable bonds is 5. The van der Waals surface area contributed by atoms with Crippen molar-refractivity contribution < 1.29 is 4.79 Å². The van der Waals surface area contributed by atoms with E-state index in [-0.39, 0.29) is 11.9 Å². The smallest absolute Gasteiger partial charge is 0.228 e. The van der Waals surface area contributed by atoms with Gasteiger partial charge in [0.25, 0.3) is 0 Å². The molecule has 1 aliphatic heterocycles. The van der Waals surface area contributed by atoms with Crippen molar-refractivity contribution >= 4 is 11.7 Å². The number of nitrogens with zero attached hydrogens (tertiary/aromatic N) is 3. The highest BCUT2D eigenvalue weighted by molar-refractivity contribution is 5.92. The Kier molecular flexibility index (Phi) is 5.95. The number of pyridine rings is 1. The monoisotopic (exact) mass is 303 g/mol. The molecule has 2 rings (SSSR count). The number of anilines is 1. The third kappa shape index (κ3) is 3.86. The number of hydrogen-bond donors (Lipinski definition) is 0. The van der Waals surface area contributed by atoms with Crippen LogP contribution in [0.15, 0.2) is 24.4 Å². The number of hydrogen-bond acceptors (Lipinski definition) is 3. The van der Waals surface area contributed by atoms with Crippen LogP contribution in [0.1, 0.15) is 53.4 Å². The average Bonchev–Trinajstić information content (AvgIpc) is 2.52. The molecule has 1 aliphatic rings. The highest BCUT2D eigenvalue weighted by Gasteiger charge is 2.29. The number of carbonyl (C=O) groups is 1. The van der Waals surface area contributed by atoms with Crippen molar-refractivity contribution in [1.29, 1.82) is 0 Å². The second-order valence-electron chi connectivity index (χ2n) is 6.48. The molecule has 4 nitrogen and oxygen atoms in total. The van der Waals surface area contributed by atoms with Crippen LogP contribution in [0, 0.1) is 0 Å². The number of piperidine rings is 1. The Morgan fingerprint density at radius 3 is 2.59 bits per heavy atom. The van der Waals surface area contributed by atoms with Crippen LogP contribution in [0.5, 0.6) is 0 Å². The first-order chi connectivity index (χ1) is 10.5. The standard InChI is InChI=1S/C18H29N3O/c1-5-18(22)21(17-11-6-7-12-19-17)16(4)13-20-14(2)9-8-10-15(20)3/h6-7,11-12,14-16H,5,8-10,13H2,1-4H3. The summed E-state index contributed by atoms with van der Waals surface area (Å²) in [6, 6.07) is 7.06. The number of amides is 1. The highest BCUT2D eigenvalue weighted by atomic mass is 16.2. The fraction of sp³-hybridized carbons (Fsp3) is 0.667. The van der Waals surface area contributed by atoms with E-state index >= 15 is 0 Å². The first-order valence-corrected chi connectivity index (χ1v) is 8.53. The third-order valence-electron chi connectivity index (χ3n) is 4.76. The van der Waals surface area contributed by atoms with Crippen molar-refractivity contribution in [2.75, 3.05) is 11.4 Å². The molecule has 1 aromatic heterocycles. The van der Waals surface area contributed by atoms with E-state index in [0.717, 1.165) is 12.4 Å². The van der Waals surface area contributed by atoms with Crippen LogP contribution in [0.4, 0.5) is 5.82 Å². The summed E-state index contributed by atoms with van der Waals surface area (Å²) in [7, 11) is 0. The van der Waals surface area contributed by atoms with Crippen LogP contribution in [0.2, 0.25) is 0 Å². The number of aromatic nitrogens is 1. The second-order valence-corrected chi connectivity index (χ2v) is 6.48. The molecule has 0 N–H and O–H groups in total. The van der Waals surface area contributed by atoms with Gasteiger partial charge in [0.15, 0.2) is 0 Å². The van der Waals surface area contributed by atoms with Gasteiger partial charge in [-0.2, -0.15) is 0 Å². The molecule has 0 aliphatic carbocycles. The third-order valence-corrected chi connectivity index (χ3v) is 4.76. The van der Waals surface area contributed by atoms with Gasteiger partial charge in [0.1, 0.15) is 5.82 Å². The predicted octanol–water partition coefficient (Wildman–Crippen LogP) is 3.48. The molecule has 0 spiro atoms. The number of carbonyl (C=O) groups excluding carboxylic acids is 1. The van der Waals surface area contributed by atoms with Crippen molar-refractivity contribution in [3.05, 3.63) is 24.4 Å². The van der Waals surface area contributed by atoms with Crippen LogP contribution in [0.25, 0.3) is 0 Å². The molecule has 3 atom stereocenters. The van der Waals surface area contributed by atoms with Crippen LogP contribution in [-0.4, -0.2) is 40.5 Å². The van der Waals surface area contributed by atoms with Crippen molar-refractivity contribution in [2.45, 2.75) is 71.5 Å². The van der Waals surface area contributed by atoms with E-state index in [1.165, 1.54) is 19.3 Å². The lowest BCUT2D eigenvalue weighted by Crippen LogP contribution is -2.52. The van der Waals surface area contributed by atoms with Crippen molar-refractivity contribution in [3.63, 3.8) is 0 Å². The van der Waals surface area contributed by atoms with Crippen molar-refractivity contribution in [2.24, 2.45) is 0 Å². The Bertz CT molecular complexity index is 466. The minimum Gasteiger partial charge on any atom is -0.296 e. The molecule has 1 fully saturated rings. The quantitative estimate of drug-likeness (QED) is 0.835. The van der Waals surface area contributed by atoms with Gasteiger partial charge in [-0.25, -0.2) is 4.98 Å². The Hall–Kier alpha value is -1.42. The first kappa shape index (κ1) is 16.9. The highest BCUT2D eigenvalue weighted by Crippen LogP contribution is 2.24. The summed E-state index contributed by atoms with van der Waals surface area (Å²) in [5, 5.41) is 0. The van der Waals surface area contributed by atoms with Gasteiger partial charge in [0.05, 0.1) is 0 Å². The maximum absolute atomic E-state index is 12.4. The van der Waals surface area contributed by atoms with Crippen LogP contribution < -0.4 is 4.90 Å². The fourth-order valence-corrected chi connectivity index (χ4v) is 3.49. The molecule has 4 heteroatoms. The Morgan fingerprint density at radius 1 is 1.36 bits per heavy atom. The van der Waals surface area contributed by atoms with Gasteiger partial charge in [0, 0.05) is 37.3 Å². The van der Waals surface area contributed by atoms with E-state index in [0.29, 0.717) is 18.5 Å². The molecule has 0 radical (unpaired) electrons. The van der Waals surface area contributed by atoms with E-state index in [1.54, 1.807) is 6.20 Å². The lowest BCUT2D eigenvalue weighted by molar-refractivity contribution is -0.118. The van der Waals surface area contributed by atoms with Crippen LogP contribution in [0.3, 0.4) is 0 Å². The maximum atomic E-state index is 12.4. The SMILES string of the molecule is CCC(=O)N(c1ccccn1)C(C)CN1C(C)CCCC1C. The van der Waals surface area contributed by atoms with Gasteiger partial charge in [-0.05, 0) is 45.7 Å². The predicted molar refractivity (Wildman–Crippen MR) is 91.0 cm³/mol. The lowest BCUT2D eigenvalue weighted by Gasteiger charge is -2.42. The minimum absolute atomic E-state index is 0.130. The van der Waals surface area contributed by atoms with Gasteiger partial charge in [-0.15, -0.1) is 0 Å². The zero-order chi connectivity index (χ0) is 16.1. The van der Waals surface area contributed by atoms with Gasteiger partial charge >= 0.3 is 0 Å². The van der Waals surface area contributed by atoms with Crippen LogP contribution >= 0.6 is 0 Å².